The number of likely N-dealkylation sites (N-methyl/N-ethyl adjacent to an activating group) is 1. The third kappa shape index (κ3) is 8.14. The third-order valence-corrected chi connectivity index (χ3v) is 8.50. The van der Waals surface area contributed by atoms with Gasteiger partial charge in [-0.25, -0.2) is 8.42 Å². The van der Waals surface area contributed by atoms with Crippen molar-refractivity contribution < 1.29 is 18.0 Å². The van der Waals surface area contributed by atoms with E-state index in [1.807, 2.05) is 61.5 Å². The highest BCUT2D eigenvalue weighted by atomic mass is 79.9. The number of sulfonamides is 1. The van der Waals surface area contributed by atoms with Crippen LogP contribution in [0.3, 0.4) is 0 Å². The predicted molar refractivity (Wildman–Crippen MR) is 153 cm³/mol. The monoisotopic (exact) mass is 619 g/mol. The highest BCUT2D eigenvalue weighted by Gasteiger charge is 2.33. The molecule has 0 heterocycles. The predicted octanol–water partition coefficient (Wildman–Crippen LogP) is 4.89. The van der Waals surface area contributed by atoms with E-state index in [0.29, 0.717) is 11.6 Å². The van der Waals surface area contributed by atoms with Crippen LogP contribution in [0.1, 0.15) is 24.5 Å². The van der Waals surface area contributed by atoms with E-state index < -0.39 is 28.5 Å². The van der Waals surface area contributed by atoms with Gasteiger partial charge in [0.15, 0.2) is 0 Å². The molecule has 0 fully saturated rings. The van der Waals surface area contributed by atoms with Gasteiger partial charge in [0, 0.05) is 36.1 Å². The van der Waals surface area contributed by atoms with Crippen molar-refractivity contribution in [3.8, 4) is 0 Å². The molecular formula is C28H31BrClN3O4S. The van der Waals surface area contributed by atoms with Crippen molar-refractivity contribution in [1.29, 1.82) is 0 Å². The molecule has 0 aliphatic carbocycles. The second kappa shape index (κ2) is 13.9. The first-order valence-electron chi connectivity index (χ1n) is 12.2. The fourth-order valence-corrected chi connectivity index (χ4v) is 5.60. The summed E-state index contributed by atoms with van der Waals surface area (Å²) >= 11 is 9.37. The van der Waals surface area contributed by atoms with Gasteiger partial charge in [-0.05, 0) is 53.9 Å². The van der Waals surface area contributed by atoms with Gasteiger partial charge in [0.1, 0.15) is 6.04 Å². The van der Waals surface area contributed by atoms with Crippen LogP contribution in [0.15, 0.2) is 88.2 Å². The van der Waals surface area contributed by atoms with Crippen molar-refractivity contribution in [2.24, 2.45) is 0 Å². The molecule has 0 radical (unpaired) electrons. The van der Waals surface area contributed by atoms with Crippen LogP contribution in [0.4, 0.5) is 0 Å². The molecule has 0 aliphatic rings. The van der Waals surface area contributed by atoms with Gasteiger partial charge >= 0.3 is 0 Å². The molecule has 38 heavy (non-hydrogen) atoms. The molecule has 0 aliphatic heterocycles. The SMILES string of the molecule is CCCNC(=O)[C@@H](Cc1ccccc1)N(Cc1cccc(Br)c1)C(=O)CN(C)S(=O)(=O)c1ccc(Cl)cc1. The molecule has 3 aromatic rings. The van der Waals surface area contributed by atoms with Crippen molar-refractivity contribution in [2.75, 3.05) is 20.1 Å². The molecule has 2 amide bonds. The highest BCUT2D eigenvalue weighted by Crippen LogP contribution is 2.20. The van der Waals surface area contributed by atoms with Gasteiger partial charge in [0.25, 0.3) is 0 Å². The quantitative estimate of drug-likeness (QED) is 0.313. The van der Waals surface area contributed by atoms with Crippen molar-refractivity contribution >= 4 is 49.4 Å². The minimum absolute atomic E-state index is 0.0252. The van der Waals surface area contributed by atoms with Crippen LogP contribution in [0.2, 0.25) is 5.02 Å². The van der Waals surface area contributed by atoms with Crippen LogP contribution in [0.5, 0.6) is 0 Å². The Morgan fingerprint density at radius 2 is 1.63 bits per heavy atom. The maximum atomic E-state index is 13.8. The number of nitrogens with zero attached hydrogens (tertiary/aromatic N) is 2. The Balaban J connectivity index is 1.96. The smallest absolute Gasteiger partial charge is 0.243 e. The third-order valence-electron chi connectivity index (χ3n) is 5.94. The molecule has 0 bridgehead atoms. The summed E-state index contributed by atoms with van der Waals surface area (Å²) in [5.41, 5.74) is 1.69. The zero-order chi connectivity index (χ0) is 27.7. The van der Waals surface area contributed by atoms with E-state index in [0.717, 1.165) is 26.3 Å². The summed E-state index contributed by atoms with van der Waals surface area (Å²) in [6, 6.07) is 21.8. The number of halogens is 2. The number of carbonyl (C=O) groups is 2. The molecule has 0 saturated carbocycles. The van der Waals surface area contributed by atoms with Crippen LogP contribution >= 0.6 is 27.5 Å². The lowest BCUT2D eigenvalue weighted by Crippen LogP contribution is -2.53. The molecule has 0 unspecified atom stereocenters. The maximum absolute atomic E-state index is 13.8. The Labute approximate surface area is 238 Å². The van der Waals surface area contributed by atoms with Gasteiger partial charge in [-0.1, -0.05) is 76.9 Å². The number of benzene rings is 3. The zero-order valence-electron chi connectivity index (χ0n) is 21.3. The minimum atomic E-state index is -3.96. The van der Waals surface area contributed by atoms with Crippen LogP contribution in [0, 0.1) is 0 Å². The van der Waals surface area contributed by atoms with E-state index in [2.05, 4.69) is 21.2 Å². The largest absolute Gasteiger partial charge is 0.354 e. The molecule has 202 valence electrons. The van der Waals surface area contributed by atoms with E-state index >= 15 is 0 Å². The van der Waals surface area contributed by atoms with E-state index in [-0.39, 0.29) is 23.8 Å². The number of hydrogen-bond acceptors (Lipinski definition) is 4. The molecule has 3 aromatic carbocycles. The Morgan fingerprint density at radius 1 is 0.974 bits per heavy atom. The van der Waals surface area contributed by atoms with Crippen LogP contribution in [0.25, 0.3) is 0 Å². The number of carbonyl (C=O) groups excluding carboxylic acids is 2. The number of amides is 2. The lowest BCUT2D eigenvalue weighted by molar-refractivity contribution is -0.141. The Morgan fingerprint density at radius 3 is 2.26 bits per heavy atom. The van der Waals surface area contributed by atoms with Gasteiger partial charge < -0.3 is 10.2 Å². The first kappa shape index (κ1) is 29.8. The average Bonchev–Trinajstić information content (AvgIpc) is 2.90. The van der Waals surface area contributed by atoms with Gasteiger partial charge in [-0.3, -0.25) is 9.59 Å². The first-order valence-corrected chi connectivity index (χ1v) is 14.8. The van der Waals surface area contributed by atoms with E-state index in [9.17, 15) is 18.0 Å². The van der Waals surface area contributed by atoms with Gasteiger partial charge in [0.05, 0.1) is 11.4 Å². The number of nitrogens with one attached hydrogen (secondary N) is 1. The Bertz CT molecular complexity index is 1340. The average molecular weight is 621 g/mol. The van der Waals surface area contributed by atoms with Crippen LogP contribution in [-0.2, 0) is 32.6 Å². The highest BCUT2D eigenvalue weighted by molar-refractivity contribution is 9.10. The summed E-state index contributed by atoms with van der Waals surface area (Å²) in [4.78, 5) is 28.7. The second-order valence-corrected chi connectivity index (χ2v) is 12.3. The normalized spacial score (nSPS) is 12.2. The molecule has 7 nitrogen and oxygen atoms in total. The number of hydrogen-bond donors (Lipinski definition) is 1. The van der Waals surface area contributed by atoms with E-state index in [4.69, 9.17) is 11.6 Å². The molecule has 1 N–H and O–H groups in total. The van der Waals surface area contributed by atoms with E-state index in [1.54, 1.807) is 0 Å². The molecule has 0 aromatic heterocycles. The first-order chi connectivity index (χ1) is 18.1. The Kier molecular flexibility index (Phi) is 10.9. The maximum Gasteiger partial charge on any atom is 0.243 e. The van der Waals surface area contributed by atoms with Gasteiger partial charge in [-0.15, -0.1) is 0 Å². The zero-order valence-corrected chi connectivity index (χ0v) is 24.5. The van der Waals surface area contributed by atoms with Crippen LogP contribution < -0.4 is 5.32 Å². The van der Waals surface area contributed by atoms with Crippen molar-refractivity contribution in [3.63, 3.8) is 0 Å². The fourth-order valence-electron chi connectivity index (χ4n) is 3.90. The molecule has 0 spiro atoms. The Hall–Kier alpha value is -2.72. The van der Waals surface area contributed by atoms with Gasteiger partial charge in [0.2, 0.25) is 21.8 Å². The molecule has 0 saturated heterocycles. The van der Waals surface area contributed by atoms with Gasteiger partial charge in [-0.2, -0.15) is 4.31 Å². The lowest BCUT2D eigenvalue weighted by atomic mass is 10.0. The van der Waals surface area contributed by atoms with E-state index in [1.165, 1.54) is 36.2 Å². The lowest BCUT2D eigenvalue weighted by Gasteiger charge is -2.32. The molecule has 1 atom stereocenters. The van der Waals surface area contributed by atoms with Crippen molar-refractivity contribution in [1.82, 2.24) is 14.5 Å². The van der Waals surface area contributed by atoms with Crippen molar-refractivity contribution in [2.45, 2.75) is 37.2 Å². The summed E-state index contributed by atoms with van der Waals surface area (Å²) in [5, 5.41) is 3.32. The number of rotatable bonds is 12. The van der Waals surface area contributed by atoms with Crippen molar-refractivity contribution in [3.05, 3.63) is 99.5 Å². The topological polar surface area (TPSA) is 86.8 Å². The summed E-state index contributed by atoms with van der Waals surface area (Å²) in [5.74, 6) is -0.778. The second-order valence-electron chi connectivity index (χ2n) is 8.86. The molecule has 10 heteroatoms. The summed E-state index contributed by atoms with van der Waals surface area (Å²) in [7, 11) is -2.61. The van der Waals surface area contributed by atoms with Crippen LogP contribution in [-0.4, -0.2) is 55.6 Å². The minimum Gasteiger partial charge on any atom is -0.354 e. The molecule has 3 rings (SSSR count). The molecular weight excluding hydrogens is 590 g/mol. The standard InChI is InChI=1S/C28H31BrClN3O4S/c1-3-16-31-28(35)26(18-21-8-5-4-6-9-21)33(19-22-10-7-11-23(29)17-22)27(34)20-32(2)38(36,37)25-14-12-24(30)13-15-25/h4-15,17,26H,3,16,18-20H2,1-2H3,(H,31,35)/t26-/m1/s1. The fraction of sp³-hybridized carbons (Fsp3) is 0.286. The summed E-state index contributed by atoms with van der Waals surface area (Å²) in [6.07, 6.45) is 1.02. The summed E-state index contributed by atoms with van der Waals surface area (Å²) < 4.78 is 28.2. The summed E-state index contributed by atoms with van der Waals surface area (Å²) in [6.45, 7) is 2.11.